The van der Waals surface area contributed by atoms with E-state index in [1.54, 1.807) is 0 Å². The first kappa shape index (κ1) is 14.0. The maximum Gasteiger partial charge on any atom is 0.345 e. The lowest BCUT2D eigenvalue weighted by Crippen LogP contribution is -2.30. The smallest absolute Gasteiger partial charge is 0.345 e. The van der Waals surface area contributed by atoms with Gasteiger partial charge < -0.3 is 5.73 Å². The van der Waals surface area contributed by atoms with Crippen LogP contribution in [0.3, 0.4) is 0 Å². The largest absolute Gasteiger partial charge is 0.370 e. The summed E-state index contributed by atoms with van der Waals surface area (Å²) in [6, 6.07) is 0. The number of thiazole rings is 1. The van der Waals surface area contributed by atoms with E-state index in [0.29, 0.717) is 6.42 Å². The molecule has 0 aliphatic heterocycles. The van der Waals surface area contributed by atoms with Gasteiger partial charge in [0, 0.05) is 19.9 Å². The Kier molecular flexibility index (Phi) is 4.72. The second kappa shape index (κ2) is 6.05. The number of rotatable bonds is 6. The number of anilines is 1. The van der Waals surface area contributed by atoms with Gasteiger partial charge in [0.25, 0.3) is 0 Å². The van der Waals surface area contributed by atoms with E-state index in [2.05, 4.69) is 4.98 Å². The van der Waals surface area contributed by atoms with E-state index >= 15 is 0 Å². The Morgan fingerprint density at radius 3 is 2.72 bits per heavy atom. The summed E-state index contributed by atoms with van der Waals surface area (Å²) in [4.78, 5) is 37.1. The minimum absolute atomic E-state index is 0.133. The average molecular weight is 272 g/mol. The predicted molar refractivity (Wildman–Crippen MR) is 65.2 cm³/mol. The number of nitrogens with zero attached hydrogens (tertiary/aromatic N) is 3. The maximum atomic E-state index is 11.4. The number of aromatic nitrogens is 1. The first-order valence-electron chi connectivity index (χ1n) is 5.08. The fourth-order valence-corrected chi connectivity index (χ4v) is 2.07. The highest BCUT2D eigenvalue weighted by Gasteiger charge is 2.19. The summed E-state index contributed by atoms with van der Waals surface area (Å²) in [6.45, 7) is 1.58. The van der Waals surface area contributed by atoms with Crippen LogP contribution in [0.2, 0.25) is 0 Å². The van der Waals surface area contributed by atoms with Crippen LogP contribution < -0.4 is 10.6 Å². The van der Waals surface area contributed by atoms with Gasteiger partial charge in [-0.2, -0.15) is 0 Å². The van der Waals surface area contributed by atoms with E-state index in [1.165, 1.54) is 11.8 Å². The minimum Gasteiger partial charge on any atom is -0.370 e. The third kappa shape index (κ3) is 3.77. The van der Waals surface area contributed by atoms with Gasteiger partial charge in [-0.3, -0.25) is 24.6 Å². The lowest BCUT2D eigenvalue weighted by molar-refractivity contribution is -0.380. The molecule has 0 aromatic carbocycles. The Labute approximate surface area is 107 Å². The molecule has 1 heterocycles. The summed E-state index contributed by atoms with van der Waals surface area (Å²) in [7, 11) is 0. The molecule has 0 unspecified atom stereocenters. The van der Waals surface area contributed by atoms with Gasteiger partial charge >= 0.3 is 5.00 Å². The van der Waals surface area contributed by atoms with E-state index in [-0.39, 0.29) is 29.0 Å². The molecular formula is C9H12N4O4S. The van der Waals surface area contributed by atoms with Crippen molar-refractivity contribution in [2.75, 3.05) is 11.4 Å². The third-order valence-electron chi connectivity index (χ3n) is 2.08. The Balaban J connectivity index is 2.74. The number of carbonyl (C=O) groups is 2. The number of hydrogen-bond acceptors (Lipinski definition) is 6. The van der Waals surface area contributed by atoms with Crippen molar-refractivity contribution in [1.29, 1.82) is 0 Å². The van der Waals surface area contributed by atoms with Gasteiger partial charge in [0.15, 0.2) is 5.13 Å². The quantitative estimate of drug-likeness (QED) is 0.602. The zero-order chi connectivity index (χ0) is 13.7. The lowest BCUT2D eigenvalue weighted by Gasteiger charge is -2.16. The van der Waals surface area contributed by atoms with Crippen molar-refractivity contribution in [3.05, 3.63) is 16.3 Å². The second-order valence-electron chi connectivity index (χ2n) is 3.48. The SMILES string of the molecule is CC(=O)N(CCCC(N)=O)c1ncc([N+](=O)[O-])s1. The zero-order valence-electron chi connectivity index (χ0n) is 9.66. The Morgan fingerprint density at radius 1 is 1.61 bits per heavy atom. The van der Waals surface area contributed by atoms with Crippen molar-refractivity contribution in [3.63, 3.8) is 0 Å². The van der Waals surface area contributed by atoms with E-state index in [0.717, 1.165) is 17.5 Å². The molecule has 0 aliphatic rings. The summed E-state index contributed by atoms with van der Waals surface area (Å²) >= 11 is 0.815. The van der Waals surface area contributed by atoms with Gasteiger partial charge in [0.05, 0.1) is 4.92 Å². The fraction of sp³-hybridized carbons (Fsp3) is 0.444. The minimum atomic E-state index is -0.567. The van der Waals surface area contributed by atoms with Gasteiger partial charge in [-0.05, 0) is 17.8 Å². The maximum absolute atomic E-state index is 11.4. The third-order valence-corrected chi connectivity index (χ3v) is 3.05. The second-order valence-corrected chi connectivity index (χ2v) is 4.47. The highest BCUT2D eigenvalue weighted by Crippen LogP contribution is 2.28. The fourth-order valence-electron chi connectivity index (χ4n) is 1.27. The van der Waals surface area contributed by atoms with Crippen LogP contribution in [0.25, 0.3) is 0 Å². The number of hydrogen-bond donors (Lipinski definition) is 1. The number of amides is 2. The number of primary amides is 1. The van der Waals surface area contributed by atoms with Gasteiger partial charge in [0.1, 0.15) is 6.20 Å². The highest BCUT2D eigenvalue weighted by molar-refractivity contribution is 7.18. The lowest BCUT2D eigenvalue weighted by atomic mass is 10.3. The monoisotopic (exact) mass is 272 g/mol. The van der Waals surface area contributed by atoms with Gasteiger partial charge in [0.2, 0.25) is 11.8 Å². The van der Waals surface area contributed by atoms with Crippen LogP contribution in [0.5, 0.6) is 0 Å². The van der Waals surface area contributed by atoms with Crippen molar-refractivity contribution < 1.29 is 14.5 Å². The van der Waals surface area contributed by atoms with Crippen LogP contribution >= 0.6 is 11.3 Å². The van der Waals surface area contributed by atoms with Gasteiger partial charge in [-0.1, -0.05) is 0 Å². The summed E-state index contributed by atoms with van der Waals surface area (Å²) in [6.07, 6.45) is 1.64. The first-order chi connectivity index (χ1) is 8.41. The van der Waals surface area contributed by atoms with E-state index < -0.39 is 10.8 Å². The van der Waals surface area contributed by atoms with Crippen molar-refractivity contribution in [3.8, 4) is 0 Å². The van der Waals surface area contributed by atoms with E-state index in [1.807, 2.05) is 0 Å². The molecule has 0 radical (unpaired) electrons. The molecule has 9 heteroatoms. The van der Waals surface area contributed by atoms with Crippen molar-refractivity contribution >= 4 is 33.3 Å². The van der Waals surface area contributed by atoms with Crippen LogP contribution in [0, 0.1) is 10.1 Å². The van der Waals surface area contributed by atoms with Crippen LogP contribution in [0.1, 0.15) is 19.8 Å². The summed E-state index contributed by atoms with van der Waals surface area (Å²) in [5, 5.41) is 10.6. The molecule has 2 N–H and O–H groups in total. The first-order valence-corrected chi connectivity index (χ1v) is 5.90. The van der Waals surface area contributed by atoms with Crippen molar-refractivity contribution in [2.24, 2.45) is 5.73 Å². The number of carbonyl (C=O) groups excluding carboxylic acids is 2. The molecule has 0 bridgehead atoms. The summed E-state index contributed by atoms with van der Waals surface area (Å²) in [5.41, 5.74) is 4.99. The molecule has 98 valence electrons. The highest BCUT2D eigenvalue weighted by atomic mass is 32.1. The number of nitro groups is 1. The molecule has 8 nitrogen and oxygen atoms in total. The molecule has 1 aromatic heterocycles. The molecule has 0 saturated carbocycles. The normalized spacial score (nSPS) is 10.1. The van der Waals surface area contributed by atoms with Crippen molar-refractivity contribution in [1.82, 2.24) is 4.98 Å². The van der Waals surface area contributed by atoms with E-state index in [4.69, 9.17) is 5.73 Å². The molecular weight excluding hydrogens is 260 g/mol. The van der Waals surface area contributed by atoms with Gasteiger partial charge in [-0.15, -0.1) is 0 Å². The molecule has 18 heavy (non-hydrogen) atoms. The molecule has 0 aliphatic carbocycles. The van der Waals surface area contributed by atoms with Crippen molar-refractivity contribution in [2.45, 2.75) is 19.8 Å². The predicted octanol–water partition coefficient (Wildman–Crippen LogP) is 0.670. The number of nitrogens with two attached hydrogens (primary N) is 1. The Bertz CT molecular complexity index is 473. The molecule has 0 saturated heterocycles. The Morgan fingerprint density at radius 2 is 2.28 bits per heavy atom. The van der Waals surface area contributed by atoms with Crippen LogP contribution in [0.15, 0.2) is 6.20 Å². The zero-order valence-corrected chi connectivity index (χ0v) is 10.5. The molecule has 0 spiro atoms. The summed E-state index contributed by atoms with van der Waals surface area (Å²) < 4.78 is 0. The molecule has 1 aromatic rings. The van der Waals surface area contributed by atoms with Gasteiger partial charge in [-0.25, -0.2) is 4.98 Å². The molecule has 1 rings (SSSR count). The molecule has 0 fully saturated rings. The van der Waals surface area contributed by atoms with E-state index in [9.17, 15) is 19.7 Å². The summed E-state index contributed by atoms with van der Waals surface area (Å²) in [5.74, 6) is -0.743. The average Bonchev–Trinajstić information content (AvgIpc) is 2.72. The molecule has 0 atom stereocenters. The standard InChI is InChI=1S/C9H12N4O4S/c1-6(14)12(4-2-3-7(10)15)9-11-5-8(18-9)13(16)17/h5H,2-4H2,1H3,(H2,10,15). The molecule has 2 amide bonds. The Hall–Kier alpha value is -2.03. The topological polar surface area (TPSA) is 119 Å². The van der Waals surface area contributed by atoms with Crippen LogP contribution in [-0.2, 0) is 9.59 Å². The van der Waals surface area contributed by atoms with Crippen LogP contribution in [-0.4, -0.2) is 28.3 Å². The van der Waals surface area contributed by atoms with Crippen LogP contribution in [0.4, 0.5) is 10.1 Å².